The van der Waals surface area contributed by atoms with Crippen LogP contribution in [0.15, 0.2) is 17.5 Å². The zero-order valence-electron chi connectivity index (χ0n) is 5.52. The molecular formula is C6H9BrSSi. The minimum absolute atomic E-state index is 1.15. The Morgan fingerprint density at radius 3 is 2.44 bits per heavy atom. The van der Waals surface area contributed by atoms with Crippen LogP contribution in [0.2, 0.25) is 13.1 Å². The molecule has 0 bridgehead atoms. The minimum atomic E-state index is -1.15. The van der Waals surface area contributed by atoms with Crippen molar-refractivity contribution >= 4 is 37.8 Å². The van der Waals surface area contributed by atoms with Crippen molar-refractivity contribution in [3.05, 3.63) is 17.5 Å². The van der Waals surface area contributed by atoms with Gasteiger partial charge in [0.1, 0.15) is 0 Å². The largest absolute Gasteiger partial charge is 0.166 e. The molecule has 1 aromatic rings. The molecule has 0 saturated heterocycles. The van der Waals surface area contributed by atoms with Crippen molar-refractivity contribution in [2.24, 2.45) is 0 Å². The van der Waals surface area contributed by atoms with E-state index >= 15 is 0 Å². The van der Waals surface area contributed by atoms with Crippen LogP contribution in [0.1, 0.15) is 0 Å². The topological polar surface area (TPSA) is 0 Å². The monoisotopic (exact) mass is 220 g/mol. The number of rotatable bonds is 1. The van der Waals surface area contributed by atoms with Crippen LogP contribution in [0, 0.1) is 0 Å². The van der Waals surface area contributed by atoms with Gasteiger partial charge in [-0.05, 0) is 5.38 Å². The summed E-state index contributed by atoms with van der Waals surface area (Å²) in [5.74, 6) is 0. The van der Waals surface area contributed by atoms with Crippen LogP contribution in [0.25, 0.3) is 0 Å². The second-order valence-corrected chi connectivity index (χ2v) is 13.2. The number of halogens is 1. The highest BCUT2D eigenvalue weighted by Gasteiger charge is 2.19. The maximum Gasteiger partial charge on any atom is 0.166 e. The Labute approximate surface area is 68.5 Å². The lowest BCUT2D eigenvalue weighted by atomic mass is 10.7. The second kappa shape index (κ2) is 2.56. The Hall–Kier alpha value is 0.397. The first-order chi connectivity index (χ1) is 4.11. The molecule has 0 nitrogen and oxygen atoms in total. The molecule has 1 aromatic heterocycles. The zero-order chi connectivity index (χ0) is 6.91. The van der Waals surface area contributed by atoms with E-state index in [9.17, 15) is 0 Å². The van der Waals surface area contributed by atoms with Crippen LogP contribution in [-0.2, 0) is 0 Å². The lowest BCUT2D eigenvalue weighted by Crippen LogP contribution is -2.31. The summed E-state index contributed by atoms with van der Waals surface area (Å²) in [4.78, 5) is 0. The van der Waals surface area contributed by atoms with Crippen LogP contribution >= 0.6 is 26.6 Å². The molecule has 0 radical (unpaired) electrons. The van der Waals surface area contributed by atoms with Crippen LogP contribution in [-0.4, -0.2) is 6.69 Å². The third-order valence-corrected chi connectivity index (χ3v) is 7.08. The van der Waals surface area contributed by atoms with E-state index in [0.717, 1.165) is 0 Å². The minimum Gasteiger partial charge on any atom is -0.152 e. The van der Waals surface area contributed by atoms with E-state index in [2.05, 4.69) is 45.9 Å². The molecule has 0 aliphatic rings. The van der Waals surface area contributed by atoms with Crippen molar-refractivity contribution in [2.75, 3.05) is 0 Å². The molecule has 1 heterocycles. The Morgan fingerprint density at radius 1 is 1.56 bits per heavy atom. The van der Waals surface area contributed by atoms with Gasteiger partial charge in [-0.15, -0.1) is 15.3 Å². The molecule has 3 heteroatoms. The summed E-state index contributed by atoms with van der Waals surface area (Å²) in [5.41, 5.74) is 0. The van der Waals surface area contributed by atoms with Crippen molar-refractivity contribution in [1.29, 1.82) is 0 Å². The molecule has 0 aromatic carbocycles. The van der Waals surface area contributed by atoms with Gasteiger partial charge in [-0.2, -0.15) is 11.3 Å². The molecule has 0 aliphatic heterocycles. The summed E-state index contributed by atoms with van der Waals surface area (Å²) in [6.45, 7) is 3.43. The van der Waals surface area contributed by atoms with Crippen LogP contribution in [0.3, 0.4) is 0 Å². The number of thiophene rings is 1. The summed E-state index contributed by atoms with van der Waals surface area (Å²) >= 11 is 5.56. The van der Waals surface area contributed by atoms with Crippen molar-refractivity contribution in [3.63, 3.8) is 0 Å². The summed E-state index contributed by atoms with van der Waals surface area (Å²) in [5, 5.41) is 2.13. The zero-order valence-corrected chi connectivity index (χ0v) is 8.92. The van der Waals surface area contributed by atoms with Gasteiger partial charge in [-0.3, -0.25) is 0 Å². The van der Waals surface area contributed by atoms with Gasteiger partial charge in [0.15, 0.2) is 6.69 Å². The standard InChI is InChI=1S/C6H9BrSSi/c1-9(2,7)6-4-3-5-8-6/h3-5H,1-2H3. The first-order valence-corrected chi connectivity index (χ1v) is 8.97. The average molecular weight is 221 g/mol. The third-order valence-electron chi connectivity index (χ3n) is 1.11. The molecule has 0 saturated carbocycles. The summed E-state index contributed by atoms with van der Waals surface area (Å²) < 4.78 is 1.52. The average Bonchev–Trinajstić information content (AvgIpc) is 2.08. The Bertz CT molecular complexity index is 175. The lowest BCUT2D eigenvalue weighted by molar-refractivity contribution is 1.96. The highest BCUT2D eigenvalue weighted by atomic mass is 79.9. The van der Waals surface area contributed by atoms with Crippen LogP contribution in [0.5, 0.6) is 0 Å². The molecule has 1 rings (SSSR count). The van der Waals surface area contributed by atoms with Gasteiger partial charge in [-0.1, -0.05) is 25.2 Å². The Kier molecular flexibility index (Phi) is 2.13. The quantitative estimate of drug-likeness (QED) is 0.505. The molecule has 50 valence electrons. The van der Waals surface area contributed by atoms with Gasteiger partial charge in [0.25, 0.3) is 0 Å². The molecule has 0 atom stereocenters. The van der Waals surface area contributed by atoms with E-state index in [0.29, 0.717) is 0 Å². The molecule has 0 N–H and O–H groups in total. The fourth-order valence-corrected chi connectivity index (χ4v) is 4.13. The predicted octanol–water partition coefficient (Wildman–Crippen LogP) is 2.56. The van der Waals surface area contributed by atoms with Crippen LogP contribution < -0.4 is 4.50 Å². The molecular weight excluding hydrogens is 212 g/mol. The lowest BCUT2D eigenvalue weighted by Gasteiger charge is -2.08. The molecule has 0 aliphatic carbocycles. The molecule has 9 heavy (non-hydrogen) atoms. The van der Waals surface area contributed by atoms with Crippen molar-refractivity contribution in [1.82, 2.24) is 0 Å². The van der Waals surface area contributed by atoms with Crippen molar-refractivity contribution < 1.29 is 0 Å². The van der Waals surface area contributed by atoms with E-state index in [1.54, 1.807) is 0 Å². The van der Waals surface area contributed by atoms with E-state index in [-0.39, 0.29) is 0 Å². The van der Waals surface area contributed by atoms with Crippen molar-refractivity contribution in [3.8, 4) is 0 Å². The summed E-state index contributed by atoms with van der Waals surface area (Å²) in [7, 11) is 0. The van der Waals surface area contributed by atoms with Gasteiger partial charge in [0, 0.05) is 4.50 Å². The highest BCUT2D eigenvalue weighted by Crippen LogP contribution is 2.13. The van der Waals surface area contributed by atoms with Gasteiger partial charge in [0.05, 0.1) is 0 Å². The maximum atomic E-state index is 3.72. The number of hydrogen-bond donors (Lipinski definition) is 0. The first-order valence-electron chi connectivity index (χ1n) is 2.83. The molecule has 0 fully saturated rings. The van der Waals surface area contributed by atoms with Crippen LogP contribution in [0.4, 0.5) is 0 Å². The Morgan fingerprint density at radius 2 is 2.22 bits per heavy atom. The van der Waals surface area contributed by atoms with E-state index in [1.165, 1.54) is 4.50 Å². The second-order valence-electron chi connectivity index (χ2n) is 2.45. The first kappa shape index (κ1) is 7.50. The summed E-state index contributed by atoms with van der Waals surface area (Å²) in [6.07, 6.45) is 0. The molecule has 0 spiro atoms. The SMILES string of the molecule is C[Si](C)(Br)c1cccs1. The van der Waals surface area contributed by atoms with Crippen molar-refractivity contribution in [2.45, 2.75) is 13.1 Å². The molecule has 0 unspecified atom stereocenters. The summed E-state index contributed by atoms with van der Waals surface area (Å²) in [6, 6.07) is 4.31. The van der Waals surface area contributed by atoms with Gasteiger partial charge in [-0.25, -0.2) is 0 Å². The van der Waals surface area contributed by atoms with Gasteiger partial charge < -0.3 is 0 Å². The number of hydrogen-bond acceptors (Lipinski definition) is 1. The molecule has 0 amide bonds. The Balaban J connectivity index is 2.90. The van der Waals surface area contributed by atoms with E-state index in [1.807, 2.05) is 11.3 Å². The fraction of sp³-hybridized carbons (Fsp3) is 0.333. The van der Waals surface area contributed by atoms with Gasteiger partial charge in [0.2, 0.25) is 0 Å². The van der Waals surface area contributed by atoms with E-state index < -0.39 is 6.69 Å². The predicted molar refractivity (Wildman–Crippen MR) is 50.4 cm³/mol. The maximum absolute atomic E-state index is 3.72. The third kappa shape index (κ3) is 1.91. The highest BCUT2D eigenvalue weighted by molar-refractivity contribution is 9.26. The smallest absolute Gasteiger partial charge is 0.152 e. The fourth-order valence-electron chi connectivity index (χ4n) is 0.617. The van der Waals surface area contributed by atoms with E-state index in [4.69, 9.17) is 0 Å². The van der Waals surface area contributed by atoms with Gasteiger partial charge >= 0.3 is 0 Å². The normalized spacial score (nSPS) is 11.9.